The van der Waals surface area contributed by atoms with Gasteiger partial charge in [0, 0.05) is 5.56 Å². The molecule has 1 aliphatic rings. The summed E-state index contributed by atoms with van der Waals surface area (Å²) in [5.41, 5.74) is -0.171. The molecule has 0 aliphatic heterocycles. The van der Waals surface area contributed by atoms with Crippen LogP contribution in [-0.4, -0.2) is 5.11 Å². The van der Waals surface area contributed by atoms with E-state index in [0.29, 0.717) is 28.5 Å². The summed E-state index contributed by atoms with van der Waals surface area (Å²) in [4.78, 5) is 0. The number of halogens is 2. The van der Waals surface area contributed by atoms with Crippen LogP contribution in [0.1, 0.15) is 56.6 Å². The van der Waals surface area contributed by atoms with E-state index in [1.54, 1.807) is 18.2 Å². The SMILES string of the molecule is N#CC1(C(O)c2cccc(Cl)c2Cl)CCCCCCC1. The Hall–Kier alpha value is -0.750. The average Bonchev–Trinajstić information content (AvgIpc) is 2.42. The number of aliphatic hydroxyl groups excluding tert-OH is 1. The van der Waals surface area contributed by atoms with Gasteiger partial charge in [0.2, 0.25) is 0 Å². The standard InChI is InChI=1S/C16H19Cl2NO/c17-13-8-6-7-12(14(13)18)15(20)16(11-19)9-4-2-1-3-5-10-16/h6-8,15,20H,1-5,9-10H2. The lowest BCUT2D eigenvalue weighted by Crippen LogP contribution is -2.28. The van der Waals surface area contributed by atoms with Gasteiger partial charge in [-0.2, -0.15) is 5.26 Å². The fraction of sp³-hybridized carbons (Fsp3) is 0.562. The van der Waals surface area contributed by atoms with Crippen molar-refractivity contribution in [3.63, 3.8) is 0 Å². The first-order valence-corrected chi connectivity index (χ1v) is 7.89. The molecular weight excluding hydrogens is 293 g/mol. The molecule has 1 unspecified atom stereocenters. The minimum atomic E-state index is -0.878. The number of aliphatic hydroxyl groups is 1. The van der Waals surface area contributed by atoms with Gasteiger partial charge in [-0.1, -0.05) is 67.4 Å². The molecule has 1 atom stereocenters. The third-order valence-corrected chi connectivity index (χ3v) is 5.10. The van der Waals surface area contributed by atoms with Gasteiger partial charge in [0.1, 0.15) is 0 Å². The fourth-order valence-corrected chi connectivity index (χ4v) is 3.42. The van der Waals surface area contributed by atoms with Crippen molar-refractivity contribution < 1.29 is 5.11 Å². The molecule has 0 spiro atoms. The number of nitrogens with zero attached hydrogens (tertiary/aromatic N) is 1. The first kappa shape index (κ1) is 15.6. The molecule has 4 heteroatoms. The van der Waals surface area contributed by atoms with Crippen molar-refractivity contribution in [2.45, 2.75) is 51.0 Å². The van der Waals surface area contributed by atoms with Gasteiger partial charge in [-0.25, -0.2) is 0 Å². The van der Waals surface area contributed by atoms with Gasteiger partial charge in [-0.05, 0) is 18.9 Å². The zero-order valence-corrected chi connectivity index (χ0v) is 12.9. The molecule has 1 fully saturated rings. The van der Waals surface area contributed by atoms with E-state index in [1.807, 2.05) is 0 Å². The van der Waals surface area contributed by atoms with Crippen molar-refractivity contribution in [2.24, 2.45) is 5.41 Å². The Morgan fingerprint density at radius 1 is 1.10 bits per heavy atom. The summed E-state index contributed by atoms with van der Waals surface area (Å²) in [6.45, 7) is 0. The average molecular weight is 312 g/mol. The Kier molecular flexibility index (Phi) is 5.32. The number of rotatable bonds is 2. The molecule has 0 radical (unpaired) electrons. The zero-order valence-electron chi connectivity index (χ0n) is 11.4. The third-order valence-electron chi connectivity index (χ3n) is 4.27. The number of nitriles is 1. The van der Waals surface area contributed by atoms with E-state index >= 15 is 0 Å². The summed E-state index contributed by atoms with van der Waals surface area (Å²) in [7, 11) is 0. The largest absolute Gasteiger partial charge is 0.387 e. The van der Waals surface area contributed by atoms with Gasteiger partial charge >= 0.3 is 0 Å². The van der Waals surface area contributed by atoms with Crippen molar-refractivity contribution in [3.05, 3.63) is 33.8 Å². The molecule has 20 heavy (non-hydrogen) atoms. The third kappa shape index (κ3) is 3.11. The maximum absolute atomic E-state index is 10.8. The molecule has 1 aliphatic carbocycles. The second kappa shape index (κ2) is 6.80. The van der Waals surface area contributed by atoms with Crippen molar-refractivity contribution in [1.29, 1.82) is 5.26 Å². The number of hydrogen-bond acceptors (Lipinski definition) is 2. The Bertz CT molecular complexity index is 502. The molecule has 1 N–H and O–H groups in total. The summed E-state index contributed by atoms with van der Waals surface area (Å²) in [6, 6.07) is 7.60. The van der Waals surface area contributed by atoms with Gasteiger partial charge in [-0.15, -0.1) is 0 Å². The van der Waals surface area contributed by atoms with Crippen LogP contribution < -0.4 is 0 Å². The van der Waals surface area contributed by atoms with Crippen LogP contribution in [0.4, 0.5) is 0 Å². The summed E-state index contributed by atoms with van der Waals surface area (Å²) in [5.74, 6) is 0. The fourth-order valence-electron chi connectivity index (χ4n) is 3.01. The molecule has 1 aromatic carbocycles. The molecule has 0 amide bonds. The van der Waals surface area contributed by atoms with Gasteiger partial charge in [0.15, 0.2) is 0 Å². The maximum Gasteiger partial charge on any atom is 0.0991 e. The summed E-state index contributed by atoms with van der Waals surface area (Å²) in [6.07, 6.45) is 5.97. The minimum Gasteiger partial charge on any atom is -0.387 e. The van der Waals surface area contributed by atoms with E-state index in [2.05, 4.69) is 6.07 Å². The Morgan fingerprint density at radius 2 is 1.70 bits per heavy atom. The maximum atomic E-state index is 10.8. The van der Waals surface area contributed by atoms with E-state index in [9.17, 15) is 10.4 Å². The predicted molar refractivity (Wildman–Crippen MR) is 81.8 cm³/mol. The first-order chi connectivity index (χ1) is 9.60. The second-order valence-electron chi connectivity index (χ2n) is 5.58. The quantitative estimate of drug-likeness (QED) is 0.807. The van der Waals surface area contributed by atoms with E-state index in [0.717, 1.165) is 25.7 Å². The van der Waals surface area contributed by atoms with Crippen molar-refractivity contribution >= 4 is 23.2 Å². The molecule has 0 aromatic heterocycles. The van der Waals surface area contributed by atoms with E-state index in [4.69, 9.17) is 23.2 Å². The van der Waals surface area contributed by atoms with Crippen molar-refractivity contribution in [1.82, 2.24) is 0 Å². The van der Waals surface area contributed by atoms with Crippen molar-refractivity contribution in [2.75, 3.05) is 0 Å². The lowest BCUT2D eigenvalue weighted by molar-refractivity contribution is 0.0435. The zero-order chi connectivity index (χ0) is 14.6. The van der Waals surface area contributed by atoms with E-state index < -0.39 is 11.5 Å². The highest BCUT2D eigenvalue weighted by Crippen LogP contribution is 2.46. The highest BCUT2D eigenvalue weighted by Gasteiger charge is 2.39. The molecular formula is C16H19Cl2NO. The van der Waals surface area contributed by atoms with Crippen LogP contribution in [0.2, 0.25) is 10.0 Å². The van der Waals surface area contributed by atoms with Crippen LogP contribution in [0.3, 0.4) is 0 Å². The molecule has 1 saturated carbocycles. The molecule has 1 aromatic rings. The Balaban J connectivity index is 2.34. The number of hydrogen-bond donors (Lipinski definition) is 1. The van der Waals surface area contributed by atoms with E-state index in [-0.39, 0.29) is 0 Å². The second-order valence-corrected chi connectivity index (χ2v) is 6.37. The Morgan fingerprint density at radius 3 is 2.30 bits per heavy atom. The van der Waals surface area contributed by atoms with Crippen molar-refractivity contribution in [3.8, 4) is 6.07 Å². The topological polar surface area (TPSA) is 44.0 Å². The highest BCUT2D eigenvalue weighted by atomic mass is 35.5. The van der Waals surface area contributed by atoms with Gasteiger partial charge in [0.25, 0.3) is 0 Å². The van der Waals surface area contributed by atoms with Gasteiger partial charge in [0.05, 0.1) is 27.6 Å². The lowest BCUT2D eigenvalue weighted by atomic mass is 9.71. The molecule has 2 nitrogen and oxygen atoms in total. The monoisotopic (exact) mass is 311 g/mol. The van der Waals surface area contributed by atoms with Gasteiger partial charge in [-0.3, -0.25) is 0 Å². The van der Waals surface area contributed by atoms with Crippen LogP contribution in [0, 0.1) is 16.7 Å². The number of benzene rings is 1. The van der Waals surface area contributed by atoms with Crippen LogP contribution >= 0.6 is 23.2 Å². The smallest absolute Gasteiger partial charge is 0.0991 e. The minimum absolute atomic E-state index is 0.360. The first-order valence-electron chi connectivity index (χ1n) is 7.14. The molecule has 2 rings (SSSR count). The normalized spacial score (nSPS) is 20.5. The van der Waals surface area contributed by atoms with Crippen LogP contribution in [0.15, 0.2) is 18.2 Å². The van der Waals surface area contributed by atoms with Crippen LogP contribution in [0.5, 0.6) is 0 Å². The van der Waals surface area contributed by atoms with Crippen LogP contribution in [0.25, 0.3) is 0 Å². The van der Waals surface area contributed by atoms with E-state index in [1.165, 1.54) is 6.42 Å². The Labute approximate surface area is 130 Å². The molecule has 108 valence electrons. The van der Waals surface area contributed by atoms with Gasteiger partial charge < -0.3 is 5.11 Å². The molecule has 0 bridgehead atoms. The summed E-state index contributed by atoms with van der Waals surface area (Å²) < 4.78 is 0. The highest BCUT2D eigenvalue weighted by molar-refractivity contribution is 6.42. The summed E-state index contributed by atoms with van der Waals surface area (Å²) in [5, 5.41) is 21.2. The molecule has 0 heterocycles. The summed E-state index contributed by atoms with van der Waals surface area (Å²) >= 11 is 12.2. The lowest BCUT2D eigenvalue weighted by Gasteiger charge is -2.34. The van der Waals surface area contributed by atoms with Crippen LogP contribution in [-0.2, 0) is 0 Å². The predicted octanol–water partition coefficient (Wildman–Crippen LogP) is 5.28. The molecule has 0 saturated heterocycles.